The van der Waals surface area contributed by atoms with Crippen LogP contribution in [0.5, 0.6) is 0 Å². The van der Waals surface area contributed by atoms with Crippen LogP contribution in [0.1, 0.15) is 68.2 Å². The molecule has 0 aromatic heterocycles. The molecule has 0 saturated heterocycles. The van der Waals surface area contributed by atoms with E-state index in [1.807, 2.05) is 0 Å². The summed E-state index contributed by atoms with van der Waals surface area (Å²) in [7, 11) is 0. The van der Waals surface area contributed by atoms with Crippen LogP contribution in [-0.2, 0) is 12.8 Å². The molecule has 54 heavy (non-hydrogen) atoms. The van der Waals surface area contributed by atoms with Gasteiger partial charge in [-0.15, -0.1) is 0 Å². The summed E-state index contributed by atoms with van der Waals surface area (Å²) in [5.74, 6) is -5.67. The van der Waals surface area contributed by atoms with E-state index in [1.165, 1.54) is 24.3 Å². The van der Waals surface area contributed by atoms with Gasteiger partial charge in [-0.2, -0.15) is 0 Å². The lowest BCUT2D eigenvalue weighted by molar-refractivity contribution is 0.447. The first-order valence-corrected chi connectivity index (χ1v) is 17.6. The van der Waals surface area contributed by atoms with Gasteiger partial charge in [0.2, 0.25) is 0 Å². The molecular formula is C45H33F9. The molecule has 9 heteroatoms. The zero-order valence-electron chi connectivity index (χ0n) is 29.4. The summed E-state index contributed by atoms with van der Waals surface area (Å²) in [6.07, 6.45) is 6.08. The van der Waals surface area contributed by atoms with Gasteiger partial charge in [0.05, 0.1) is 22.1 Å². The van der Waals surface area contributed by atoms with E-state index in [9.17, 15) is 22.0 Å². The Labute approximate surface area is 307 Å². The Morgan fingerprint density at radius 1 is 0.463 bits per heavy atom. The highest BCUT2D eigenvalue weighted by atomic mass is 19.2. The summed E-state index contributed by atoms with van der Waals surface area (Å²) in [6.45, 7) is 3.87. The molecule has 0 nitrogen and oxygen atoms in total. The van der Waals surface area contributed by atoms with Gasteiger partial charge < -0.3 is 0 Å². The number of rotatable bonds is 10. The minimum absolute atomic E-state index is 0.0348. The Kier molecular flexibility index (Phi) is 11.5. The van der Waals surface area contributed by atoms with Gasteiger partial charge in [0.25, 0.3) is 0 Å². The van der Waals surface area contributed by atoms with Crippen LogP contribution in [-0.4, -0.2) is 0 Å². The van der Waals surface area contributed by atoms with E-state index in [0.29, 0.717) is 47.2 Å². The van der Waals surface area contributed by atoms with Gasteiger partial charge in [-0.25, -0.2) is 39.5 Å². The van der Waals surface area contributed by atoms with Crippen molar-refractivity contribution in [3.8, 4) is 45.2 Å². The standard InChI is InChI=1S/C45H33F9/c1-3-5-6-7-8-9-25-16-31-22-38(50)42(45(54)43(31)37(49)17-25)29-13-11-28(12-14-29)30-20-27(4-2)33(34(46)21-30)15-10-26-18-35(47)41(36(48)19-26)32-23-39(51)44(53)40(52)24-32/h11-14,16-24H,3-9H2,1-2H3. The summed E-state index contributed by atoms with van der Waals surface area (Å²) in [5.41, 5.74) is 0.285. The quantitative estimate of drug-likeness (QED) is 0.0567. The third-order valence-electron chi connectivity index (χ3n) is 9.42. The molecule has 0 unspecified atom stereocenters. The van der Waals surface area contributed by atoms with Gasteiger partial charge in [-0.3, -0.25) is 0 Å². The highest BCUT2D eigenvalue weighted by Crippen LogP contribution is 2.36. The smallest absolute Gasteiger partial charge is 0.194 e. The molecule has 0 saturated carbocycles. The number of aryl methyl sites for hydroxylation is 2. The van der Waals surface area contributed by atoms with Crippen LogP contribution in [0.2, 0.25) is 0 Å². The Hall–Kier alpha value is -5.49. The molecule has 0 atom stereocenters. The number of fused-ring (bicyclic) bond motifs is 1. The third-order valence-corrected chi connectivity index (χ3v) is 9.42. The second-order valence-electron chi connectivity index (χ2n) is 13.1. The molecule has 0 aliphatic heterocycles. The van der Waals surface area contributed by atoms with E-state index in [1.54, 1.807) is 31.2 Å². The monoisotopic (exact) mass is 744 g/mol. The van der Waals surface area contributed by atoms with Crippen molar-refractivity contribution in [3.63, 3.8) is 0 Å². The van der Waals surface area contributed by atoms with Gasteiger partial charge in [0.15, 0.2) is 17.5 Å². The van der Waals surface area contributed by atoms with Crippen LogP contribution in [0, 0.1) is 64.2 Å². The predicted octanol–water partition coefficient (Wildman–Crippen LogP) is 13.6. The first kappa shape index (κ1) is 38.2. The molecule has 0 amide bonds. The maximum Gasteiger partial charge on any atom is 0.194 e. The molecule has 6 aromatic carbocycles. The Bertz CT molecular complexity index is 2390. The molecule has 0 fully saturated rings. The first-order chi connectivity index (χ1) is 25.9. The second-order valence-corrected chi connectivity index (χ2v) is 13.1. The Morgan fingerprint density at radius 2 is 1.07 bits per heavy atom. The normalized spacial score (nSPS) is 11.2. The van der Waals surface area contributed by atoms with Crippen molar-refractivity contribution in [3.05, 3.63) is 153 Å². The van der Waals surface area contributed by atoms with Crippen molar-refractivity contribution in [2.45, 2.75) is 58.8 Å². The molecule has 0 aliphatic carbocycles. The maximum absolute atomic E-state index is 15.8. The first-order valence-electron chi connectivity index (χ1n) is 17.6. The largest absolute Gasteiger partial charge is 0.206 e. The SMILES string of the molecule is CCCCCCCc1cc(F)c2c(F)c(-c3ccc(-c4cc(F)c(C#Cc5cc(F)c(-c6cc(F)c(F)c(F)c6)c(F)c5)c(CC)c4)cc3)c(F)cc2c1. The second kappa shape index (κ2) is 16.3. The average Bonchev–Trinajstić information content (AvgIpc) is 3.12. The summed E-state index contributed by atoms with van der Waals surface area (Å²) in [5, 5.41) is -0.151. The molecule has 0 radical (unpaired) electrons. The van der Waals surface area contributed by atoms with E-state index < -0.39 is 63.5 Å². The van der Waals surface area contributed by atoms with E-state index >= 15 is 17.6 Å². The van der Waals surface area contributed by atoms with Crippen LogP contribution in [0.15, 0.2) is 78.9 Å². The van der Waals surface area contributed by atoms with Crippen molar-refractivity contribution in [2.75, 3.05) is 0 Å². The molecule has 0 spiro atoms. The van der Waals surface area contributed by atoms with Crippen LogP contribution in [0.3, 0.4) is 0 Å². The summed E-state index contributed by atoms with van der Waals surface area (Å²) in [4.78, 5) is 0. The maximum atomic E-state index is 15.8. The van der Waals surface area contributed by atoms with Gasteiger partial charge in [-0.05, 0) is 107 Å². The average molecular weight is 745 g/mol. The van der Waals surface area contributed by atoms with Crippen LogP contribution in [0.25, 0.3) is 44.2 Å². The lowest BCUT2D eigenvalue weighted by Crippen LogP contribution is -1.98. The van der Waals surface area contributed by atoms with Gasteiger partial charge >= 0.3 is 0 Å². The van der Waals surface area contributed by atoms with Crippen molar-refractivity contribution in [2.24, 2.45) is 0 Å². The molecule has 0 heterocycles. The zero-order chi connectivity index (χ0) is 38.7. The van der Waals surface area contributed by atoms with Gasteiger partial charge in [0, 0.05) is 5.56 Å². The molecule has 6 rings (SSSR count). The lowest BCUT2D eigenvalue weighted by atomic mass is 9.94. The molecule has 0 aliphatic rings. The molecule has 0 N–H and O–H groups in total. The number of unbranched alkanes of at least 4 members (excludes halogenated alkanes) is 4. The predicted molar refractivity (Wildman–Crippen MR) is 194 cm³/mol. The third kappa shape index (κ3) is 7.89. The fourth-order valence-electron chi connectivity index (χ4n) is 6.65. The highest BCUT2D eigenvalue weighted by Gasteiger charge is 2.21. The van der Waals surface area contributed by atoms with Crippen molar-refractivity contribution in [1.29, 1.82) is 0 Å². The van der Waals surface area contributed by atoms with Crippen molar-refractivity contribution in [1.82, 2.24) is 0 Å². The summed E-state index contributed by atoms with van der Waals surface area (Å²) in [6, 6.07) is 15.5. The fraction of sp³-hybridized carbons (Fsp3) is 0.200. The summed E-state index contributed by atoms with van der Waals surface area (Å²) >= 11 is 0. The van der Waals surface area contributed by atoms with Crippen molar-refractivity contribution < 1.29 is 39.5 Å². The molecule has 276 valence electrons. The summed E-state index contributed by atoms with van der Waals surface area (Å²) < 4.78 is 133. The molecule has 6 aromatic rings. The topological polar surface area (TPSA) is 0 Å². The van der Waals surface area contributed by atoms with E-state index in [0.717, 1.165) is 50.3 Å². The fourth-order valence-corrected chi connectivity index (χ4v) is 6.65. The van der Waals surface area contributed by atoms with Gasteiger partial charge in [0.1, 0.15) is 34.9 Å². The Balaban J connectivity index is 1.25. The van der Waals surface area contributed by atoms with Crippen LogP contribution < -0.4 is 0 Å². The Morgan fingerprint density at radius 3 is 1.72 bits per heavy atom. The minimum Gasteiger partial charge on any atom is -0.206 e. The van der Waals surface area contributed by atoms with Gasteiger partial charge in [-0.1, -0.05) is 81.7 Å². The van der Waals surface area contributed by atoms with E-state index in [-0.39, 0.29) is 33.0 Å². The number of hydrogen-bond acceptors (Lipinski definition) is 0. The minimum atomic E-state index is -1.78. The van der Waals surface area contributed by atoms with Crippen LogP contribution >= 0.6 is 0 Å². The van der Waals surface area contributed by atoms with Crippen LogP contribution in [0.4, 0.5) is 39.5 Å². The number of hydrogen-bond donors (Lipinski definition) is 0. The van der Waals surface area contributed by atoms with E-state index in [2.05, 4.69) is 18.8 Å². The van der Waals surface area contributed by atoms with E-state index in [4.69, 9.17) is 0 Å². The number of benzene rings is 6. The lowest BCUT2D eigenvalue weighted by Gasteiger charge is -2.13. The molecule has 0 bridgehead atoms. The highest BCUT2D eigenvalue weighted by molar-refractivity contribution is 5.90. The van der Waals surface area contributed by atoms with Crippen molar-refractivity contribution >= 4 is 10.8 Å². The zero-order valence-corrected chi connectivity index (χ0v) is 29.4. The number of halogens is 9. The molecular weight excluding hydrogens is 711 g/mol.